The minimum Gasteiger partial charge on any atom is -0.352 e. The summed E-state index contributed by atoms with van der Waals surface area (Å²) >= 11 is 0. The molecule has 0 fully saturated rings. The molecule has 0 aliphatic carbocycles. The molecule has 0 atom stereocenters. The van der Waals surface area contributed by atoms with Crippen molar-refractivity contribution in [2.45, 2.75) is 19.6 Å². The molecule has 2 heterocycles. The van der Waals surface area contributed by atoms with Gasteiger partial charge in [0.2, 0.25) is 0 Å². The zero-order valence-electron chi connectivity index (χ0n) is 13.1. The van der Waals surface area contributed by atoms with Crippen LogP contribution in [0.2, 0.25) is 19.6 Å². The van der Waals surface area contributed by atoms with Crippen molar-refractivity contribution in [3.8, 4) is 11.5 Å². The number of aromatic nitrogens is 2. The highest BCUT2D eigenvalue weighted by Crippen LogP contribution is 2.21. The Hall–Kier alpha value is -2.51. The molecule has 3 aromatic rings. The second-order valence-corrected chi connectivity index (χ2v) is 11.0. The van der Waals surface area contributed by atoms with E-state index in [1.807, 2.05) is 59.3 Å². The highest BCUT2D eigenvalue weighted by molar-refractivity contribution is 6.83. The summed E-state index contributed by atoms with van der Waals surface area (Å²) in [6.45, 7) is 6.73. The van der Waals surface area contributed by atoms with E-state index in [1.54, 1.807) is 0 Å². The number of nitrogens with zero attached hydrogens (tertiary/aromatic N) is 2. The first-order chi connectivity index (χ1) is 10.5. The maximum Gasteiger partial charge on any atom is 0.161 e. The molecule has 110 valence electrons. The average molecular weight is 305 g/mol. The lowest BCUT2D eigenvalue weighted by atomic mass is 10.3. The predicted molar refractivity (Wildman–Crippen MR) is 95.1 cm³/mol. The van der Waals surface area contributed by atoms with Crippen LogP contribution in [0.25, 0.3) is 5.65 Å². The predicted octanol–water partition coefficient (Wildman–Crippen LogP) is 4.31. The maximum absolute atomic E-state index is 4.53. The van der Waals surface area contributed by atoms with Gasteiger partial charge in [-0.15, -0.1) is 5.54 Å². The summed E-state index contributed by atoms with van der Waals surface area (Å²) in [5, 5.41) is 3.41. The molecule has 0 aliphatic heterocycles. The molecule has 0 saturated carbocycles. The van der Waals surface area contributed by atoms with Gasteiger partial charge in [-0.05, 0) is 24.3 Å². The van der Waals surface area contributed by atoms with Crippen molar-refractivity contribution in [3.05, 3.63) is 60.6 Å². The van der Waals surface area contributed by atoms with E-state index in [4.69, 9.17) is 0 Å². The van der Waals surface area contributed by atoms with Crippen LogP contribution >= 0.6 is 0 Å². The smallest absolute Gasteiger partial charge is 0.161 e. The third-order valence-electron chi connectivity index (χ3n) is 3.15. The van der Waals surface area contributed by atoms with E-state index >= 15 is 0 Å². The Balaban J connectivity index is 2.00. The summed E-state index contributed by atoms with van der Waals surface area (Å²) in [7, 11) is -1.39. The number of benzene rings is 1. The van der Waals surface area contributed by atoms with E-state index in [1.165, 1.54) is 0 Å². The van der Waals surface area contributed by atoms with E-state index < -0.39 is 8.07 Å². The van der Waals surface area contributed by atoms with Crippen molar-refractivity contribution >= 4 is 25.1 Å². The Morgan fingerprint density at radius 2 is 1.82 bits per heavy atom. The Morgan fingerprint density at radius 1 is 1.05 bits per heavy atom. The molecular formula is C18H19N3Si. The number of fused-ring (bicyclic) bond motifs is 1. The molecule has 0 unspecified atom stereocenters. The van der Waals surface area contributed by atoms with Gasteiger partial charge in [0.05, 0.1) is 11.9 Å². The fourth-order valence-corrected chi connectivity index (χ4v) is 2.63. The van der Waals surface area contributed by atoms with E-state index in [-0.39, 0.29) is 0 Å². The van der Waals surface area contributed by atoms with Gasteiger partial charge in [-0.1, -0.05) is 43.8 Å². The summed E-state index contributed by atoms with van der Waals surface area (Å²) in [4.78, 5) is 4.53. The Labute approximate surface area is 132 Å². The summed E-state index contributed by atoms with van der Waals surface area (Å²) in [6.07, 6.45) is 3.85. The molecule has 2 aromatic heterocycles. The third kappa shape index (κ3) is 3.21. The van der Waals surface area contributed by atoms with E-state index in [0.717, 1.165) is 22.7 Å². The van der Waals surface area contributed by atoms with Crippen LogP contribution in [0.15, 0.2) is 54.9 Å². The lowest BCUT2D eigenvalue weighted by Gasteiger charge is -2.07. The van der Waals surface area contributed by atoms with Gasteiger partial charge in [-0.3, -0.25) is 4.40 Å². The van der Waals surface area contributed by atoms with Gasteiger partial charge in [-0.25, -0.2) is 4.98 Å². The van der Waals surface area contributed by atoms with Gasteiger partial charge in [0.15, 0.2) is 5.65 Å². The van der Waals surface area contributed by atoms with Gasteiger partial charge in [-0.2, -0.15) is 0 Å². The fraction of sp³-hybridized carbons (Fsp3) is 0.167. The summed E-state index contributed by atoms with van der Waals surface area (Å²) in [6, 6.07) is 14.2. The van der Waals surface area contributed by atoms with Gasteiger partial charge < -0.3 is 5.32 Å². The normalized spacial score (nSPS) is 11.0. The first-order valence-electron chi connectivity index (χ1n) is 7.34. The Bertz CT molecular complexity index is 849. The molecule has 0 aliphatic rings. The van der Waals surface area contributed by atoms with Crippen LogP contribution in [0.5, 0.6) is 0 Å². The number of pyridine rings is 1. The lowest BCUT2D eigenvalue weighted by molar-refractivity contribution is 1.16. The summed E-state index contributed by atoms with van der Waals surface area (Å²) in [5.41, 5.74) is 7.26. The van der Waals surface area contributed by atoms with Crippen LogP contribution < -0.4 is 5.32 Å². The van der Waals surface area contributed by atoms with Gasteiger partial charge in [0.1, 0.15) is 13.8 Å². The largest absolute Gasteiger partial charge is 0.352 e. The second-order valence-electron chi connectivity index (χ2n) is 6.25. The first kappa shape index (κ1) is 14.4. The molecule has 0 saturated heterocycles. The molecule has 1 N–H and O–H groups in total. The van der Waals surface area contributed by atoms with E-state index in [2.05, 4.69) is 41.4 Å². The van der Waals surface area contributed by atoms with Gasteiger partial charge in [0, 0.05) is 11.9 Å². The molecule has 22 heavy (non-hydrogen) atoms. The molecule has 1 aromatic carbocycles. The monoisotopic (exact) mass is 305 g/mol. The zero-order chi connectivity index (χ0) is 15.6. The average Bonchev–Trinajstić information content (AvgIpc) is 2.90. The minimum atomic E-state index is -1.39. The highest BCUT2D eigenvalue weighted by atomic mass is 28.3. The highest BCUT2D eigenvalue weighted by Gasteiger charge is 2.09. The van der Waals surface area contributed by atoms with Crippen LogP contribution in [-0.2, 0) is 0 Å². The summed E-state index contributed by atoms with van der Waals surface area (Å²) < 4.78 is 2.04. The Kier molecular flexibility index (Phi) is 3.74. The van der Waals surface area contributed by atoms with Crippen LogP contribution in [0.4, 0.5) is 11.4 Å². The van der Waals surface area contributed by atoms with Crippen molar-refractivity contribution in [2.24, 2.45) is 0 Å². The van der Waals surface area contributed by atoms with E-state index in [0.29, 0.717) is 0 Å². The van der Waals surface area contributed by atoms with Crippen LogP contribution in [0.1, 0.15) is 5.69 Å². The minimum absolute atomic E-state index is 0.895. The fourth-order valence-electron chi connectivity index (χ4n) is 2.13. The maximum atomic E-state index is 4.53. The number of para-hydroxylation sites is 1. The van der Waals surface area contributed by atoms with Crippen molar-refractivity contribution in [2.75, 3.05) is 5.32 Å². The van der Waals surface area contributed by atoms with Crippen molar-refractivity contribution in [1.29, 1.82) is 0 Å². The lowest BCUT2D eigenvalue weighted by Crippen LogP contribution is -2.16. The topological polar surface area (TPSA) is 29.3 Å². The number of nitrogens with one attached hydrogen (secondary N) is 1. The molecule has 0 radical (unpaired) electrons. The number of rotatable bonds is 2. The molecule has 4 heteroatoms. The van der Waals surface area contributed by atoms with E-state index in [9.17, 15) is 0 Å². The molecule has 0 bridgehead atoms. The van der Waals surface area contributed by atoms with Crippen molar-refractivity contribution in [1.82, 2.24) is 9.38 Å². The Morgan fingerprint density at radius 3 is 2.55 bits per heavy atom. The molecule has 3 nitrogen and oxygen atoms in total. The molecule has 0 spiro atoms. The third-order valence-corrected chi connectivity index (χ3v) is 4.03. The molecule has 3 rings (SSSR count). The van der Waals surface area contributed by atoms with Crippen molar-refractivity contribution < 1.29 is 0 Å². The van der Waals surface area contributed by atoms with Crippen LogP contribution in [0.3, 0.4) is 0 Å². The van der Waals surface area contributed by atoms with Gasteiger partial charge >= 0.3 is 0 Å². The van der Waals surface area contributed by atoms with Crippen LogP contribution in [0, 0.1) is 11.5 Å². The SMILES string of the molecule is C[Si](C)(C)C#Cc1cnc2c(Nc3ccccc3)cccn12. The van der Waals surface area contributed by atoms with Crippen molar-refractivity contribution in [3.63, 3.8) is 0 Å². The van der Waals surface area contributed by atoms with Gasteiger partial charge in [0.25, 0.3) is 0 Å². The quantitative estimate of drug-likeness (QED) is 0.565. The number of anilines is 2. The first-order valence-corrected chi connectivity index (χ1v) is 10.8. The number of imidazole rings is 1. The zero-order valence-corrected chi connectivity index (χ0v) is 14.1. The molecular weight excluding hydrogens is 286 g/mol. The second kappa shape index (κ2) is 5.70. The number of hydrogen-bond donors (Lipinski definition) is 1. The molecule has 0 amide bonds. The summed E-state index contributed by atoms with van der Waals surface area (Å²) in [5.74, 6) is 3.28. The standard InChI is InChI=1S/C18H19N3Si/c1-22(2,3)13-11-16-14-19-18-17(10-7-12-21(16)18)20-15-8-5-4-6-9-15/h4-10,12,14,20H,1-3H3. The van der Waals surface area contributed by atoms with Crippen LogP contribution in [-0.4, -0.2) is 17.5 Å². The number of hydrogen-bond acceptors (Lipinski definition) is 2.